The van der Waals surface area contributed by atoms with Crippen LogP contribution in [0.15, 0.2) is 30.6 Å². The number of nitrogens with zero attached hydrogens (tertiary/aromatic N) is 2. The van der Waals surface area contributed by atoms with Crippen LogP contribution in [0, 0.1) is 11.6 Å². The second kappa shape index (κ2) is 4.09. The molecule has 2 aromatic rings. The van der Waals surface area contributed by atoms with Crippen LogP contribution in [0.25, 0.3) is 0 Å². The van der Waals surface area contributed by atoms with Crippen LogP contribution >= 0.6 is 0 Å². The van der Waals surface area contributed by atoms with Crippen LogP contribution in [0.2, 0.25) is 0 Å². The third-order valence-electron chi connectivity index (χ3n) is 1.91. The average molecular weight is 222 g/mol. The van der Waals surface area contributed by atoms with Crippen LogP contribution in [-0.2, 0) is 0 Å². The summed E-state index contributed by atoms with van der Waals surface area (Å²) in [6.45, 7) is 0. The lowest BCUT2D eigenvalue weighted by molar-refractivity contribution is 0.586. The number of anilines is 3. The van der Waals surface area contributed by atoms with E-state index in [0.29, 0.717) is 0 Å². The normalized spacial score (nSPS) is 10.1. The first-order chi connectivity index (χ1) is 7.66. The maximum atomic E-state index is 13.3. The van der Waals surface area contributed by atoms with E-state index >= 15 is 0 Å². The second-order valence-electron chi connectivity index (χ2n) is 3.04. The van der Waals surface area contributed by atoms with Crippen molar-refractivity contribution in [3.05, 3.63) is 42.2 Å². The number of nitrogen functional groups attached to an aromatic ring is 1. The van der Waals surface area contributed by atoms with Crippen molar-refractivity contribution in [2.45, 2.75) is 0 Å². The summed E-state index contributed by atoms with van der Waals surface area (Å²) >= 11 is 0. The molecule has 2 rings (SSSR count). The minimum absolute atomic E-state index is 0.0913. The maximum Gasteiger partial charge on any atom is 0.173 e. The Labute approximate surface area is 90.1 Å². The fourth-order valence-corrected chi connectivity index (χ4v) is 1.16. The Morgan fingerprint density at radius 2 is 1.88 bits per heavy atom. The second-order valence-corrected chi connectivity index (χ2v) is 3.04. The highest BCUT2D eigenvalue weighted by Crippen LogP contribution is 2.21. The van der Waals surface area contributed by atoms with Crippen molar-refractivity contribution in [2.24, 2.45) is 0 Å². The van der Waals surface area contributed by atoms with Gasteiger partial charge in [0.1, 0.15) is 11.6 Å². The number of aromatic nitrogens is 2. The van der Waals surface area contributed by atoms with Gasteiger partial charge in [-0.15, -0.1) is 0 Å². The molecule has 1 aromatic carbocycles. The molecule has 0 fully saturated rings. The molecular formula is C10H8F2N4. The number of nitrogens with one attached hydrogen (secondary N) is 1. The molecule has 0 saturated heterocycles. The number of nitrogens with two attached hydrogens (primary N) is 1. The van der Waals surface area contributed by atoms with E-state index in [-0.39, 0.29) is 17.3 Å². The molecule has 0 aliphatic rings. The van der Waals surface area contributed by atoms with E-state index in [2.05, 4.69) is 15.3 Å². The minimum atomic E-state index is -0.718. The summed E-state index contributed by atoms with van der Waals surface area (Å²) in [7, 11) is 0. The highest BCUT2D eigenvalue weighted by atomic mass is 19.1. The van der Waals surface area contributed by atoms with Crippen LogP contribution in [0.5, 0.6) is 0 Å². The zero-order valence-corrected chi connectivity index (χ0v) is 8.11. The number of hydrogen-bond donors (Lipinski definition) is 2. The van der Waals surface area contributed by atoms with E-state index in [0.717, 1.165) is 12.1 Å². The molecule has 0 aliphatic heterocycles. The summed E-state index contributed by atoms with van der Waals surface area (Å²) in [5, 5.41) is 2.63. The van der Waals surface area contributed by atoms with E-state index in [1.165, 1.54) is 18.5 Å². The summed E-state index contributed by atoms with van der Waals surface area (Å²) in [6.07, 6.45) is 2.83. The first-order valence-corrected chi connectivity index (χ1v) is 4.45. The van der Waals surface area contributed by atoms with E-state index in [4.69, 9.17) is 5.73 Å². The monoisotopic (exact) mass is 222 g/mol. The van der Waals surface area contributed by atoms with Crippen molar-refractivity contribution in [1.29, 1.82) is 0 Å². The molecule has 82 valence electrons. The Morgan fingerprint density at radius 3 is 2.56 bits per heavy atom. The van der Waals surface area contributed by atoms with Gasteiger partial charge in [-0.2, -0.15) is 0 Å². The lowest BCUT2D eigenvalue weighted by Crippen LogP contribution is -2.02. The Bertz CT molecular complexity index is 516. The molecule has 1 heterocycles. The maximum absolute atomic E-state index is 13.3. The van der Waals surface area contributed by atoms with Gasteiger partial charge < -0.3 is 11.1 Å². The highest BCUT2D eigenvalue weighted by molar-refractivity contribution is 5.65. The van der Waals surface area contributed by atoms with Gasteiger partial charge in [-0.1, -0.05) is 0 Å². The summed E-state index contributed by atoms with van der Waals surface area (Å²) in [5.41, 5.74) is 5.61. The lowest BCUT2D eigenvalue weighted by atomic mass is 10.3. The van der Waals surface area contributed by atoms with Gasteiger partial charge in [0.25, 0.3) is 0 Å². The Morgan fingerprint density at radius 1 is 1.12 bits per heavy atom. The summed E-state index contributed by atoms with van der Waals surface area (Å²) < 4.78 is 25.9. The third kappa shape index (κ3) is 2.05. The zero-order valence-electron chi connectivity index (χ0n) is 8.11. The van der Waals surface area contributed by atoms with Gasteiger partial charge in [-0.25, -0.2) is 18.7 Å². The molecule has 6 heteroatoms. The molecular weight excluding hydrogens is 214 g/mol. The molecule has 0 saturated carbocycles. The van der Waals surface area contributed by atoms with Gasteiger partial charge in [0.05, 0.1) is 5.69 Å². The number of rotatable bonds is 2. The van der Waals surface area contributed by atoms with Gasteiger partial charge in [-0.3, -0.25) is 0 Å². The molecule has 16 heavy (non-hydrogen) atoms. The highest BCUT2D eigenvalue weighted by Gasteiger charge is 2.06. The van der Waals surface area contributed by atoms with Gasteiger partial charge in [0.2, 0.25) is 0 Å². The predicted molar refractivity (Wildman–Crippen MR) is 56.1 cm³/mol. The quantitative estimate of drug-likeness (QED) is 0.816. The van der Waals surface area contributed by atoms with Crippen molar-refractivity contribution < 1.29 is 8.78 Å². The molecule has 0 atom stereocenters. The van der Waals surface area contributed by atoms with E-state index in [9.17, 15) is 8.78 Å². The summed E-state index contributed by atoms with van der Waals surface area (Å²) in [5.74, 6) is -0.987. The SMILES string of the molecule is Nc1nccnc1Nc1ccc(F)cc1F. The molecule has 0 unspecified atom stereocenters. The molecule has 0 amide bonds. The largest absolute Gasteiger partial charge is 0.381 e. The van der Waals surface area contributed by atoms with Crippen molar-refractivity contribution in [2.75, 3.05) is 11.1 Å². The van der Waals surface area contributed by atoms with Crippen molar-refractivity contribution >= 4 is 17.3 Å². The predicted octanol–water partition coefficient (Wildman–Crippen LogP) is 2.08. The van der Waals surface area contributed by atoms with Crippen LogP contribution in [-0.4, -0.2) is 9.97 Å². The fourth-order valence-electron chi connectivity index (χ4n) is 1.16. The van der Waals surface area contributed by atoms with Crippen LogP contribution in [0.4, 0.5) is 26.1 Å². The van der Waals surface area contributed by atoms with Gasteiger partial charge >= 0.3 is 0 Å². The first-order valence-electron chi connectivity index (χ1n) is 4.45. The van der Waals surface area contributed by atoms with Gasteiger partial charge in [0.15, 0.2) is 11.6 Å². The molecule has 3 N–H and O–H groups in total. The Kier molecular flexibility index (Phi) is 2.63. The molecule has 0 radical (unpaired) electrons. The molecule has 4 nitrogen and oxygen atoms in total. The third-order valence-corrected chi connectivity index (χ3v) is 1.91. The minimum Gasteiger partial charge on any atom is -0.381 e. The van der Waals surface area contributed by atoms with E-state index in [1.807, 2.05) is 0 Å². The summed E-state index contributed by atoms with van der Waals surface area (Å²) in [4.78, 5) is 7.66. The van der Waals surface area contributed by atoms with E-state index < -0.39 is 11.6 Å². The molecule has 1 aromatic heterocycles. The number of hydrogen-bond acceptors (Lipinski definition) is 4. The average Bonchev–Trinajstić information content (AvgIpc) is 2.25. The molecule has 0 aliphatic carbocycles. The standard InChI is InChI=1S/C10H8F2N4/c11-6-1-2-8(7(12)5-6)16-10-9(13)14-3-4-15-10/h1-5H,(H2,13,14)(H,15,16). The van der Waals surface area contributed by atoms with Crippen molar-refractivity contribution in [3.8, 4) is 0 Å². The zero-order chi connectivity index (χ0) is 11.5. The van der Waals surface area contributed by atoms with Gasteiger partial charge in [-0.05, 0) is 12.1 Å². The molecule has 0 spiro atoms. The van der Waals surface area contributed by atoms with Gasteiger partial charge in [0, 0.05) is 18.5 Å². The van der Waals surface area contributed by atoms with Crippen molar-refractivity contribution in [1.82, 2.24) is 9.97 Å². The van der Waals surface area contributed by atoms with Crippen LogP contribution in [0.1, 0.15) is 0 Å². The molecule has 0 bridgehead atoms. The Balaban J connectivity index is 2.31. The number of benzene rings is 1. The topological polar surface area (TPSA) is 63.8 Å². The Hall–Kier alpha value is -2.24. The summed E-state index contributed by atoms with van der Waals surface area (Å²) in [6, 6.07) is 3.17. The smallest absolute Gasteiger partial charge is 0.173 e. The van der Waals surface area contributed by atoms with Crippen LogP contribution < -0.4 is 11.1 Å². The lowest BCUT2D eigenvalue weighted by Gasteiger charge is -2.07. The van der Waals surface area contributed by atoms with Crippen molar-refractivity contribution in [3.63, 3.8) is 0 Å². The number of halogens is 2. The fraction of sp³-hybridized carbons (Fsp3) is 0. The first kappa shape index (κ1) is 10.3. The van der Waals surface area contributed by atoms with Crippen LogP contribution in [0.3, 0.4) is 0 Å². The van der Waals surface area contributed by atoms with E-state index in [1.54, 1.807) is 0 Å².